The van der Waals surface area contributed by atoms with Gasteiger partial charge in [-0.05, 0) is 85.3 Å². The van der Waals surface area contributed by atoms with Crippen molar-refractivity contribution in [3.63, 3.8) is 0 Å². The molecule has 0 fully saturated rings. The van der Waals surface area contributed by atoms with Gasteiger partial charge in [-0.25, -0.2) is 4.98 Å². The number of imidazole rings is 1. The van der Waals surface area contributed by atoms with E-state index < -0.39 is 84.1 Å². The summed E-state index contributed by atoms with van der Waals surface area (Å²) in [5.74, 6) is 0.873. The third-order valence-corrected chi connectivity index (χ3v) is 7.66. The molecule has 1 aromatic heterocycles. The lowest BCUT2D eigenvalue weighted by molar-refractivity contribution is 0.908. The van der Waals surface area contributed by atoms with E-state index in [9.17, 15) is 5.48 Å². The van der Waals surface area contributed by atoms with Crippen molar-refractivity contribution in [1.29, 1.82) is 0 Å². The van der Waals surface area contributed by atoms with Crippen molar-refractivity contribution in [2.24, 2.45) is 0 Å². The molecule has 0 bridgehead atoms. The monoisotopic (exact) mass is 563 g/mol. The number of benzene rings is 7. The van der Waals surface area contributed by atoms with E-state index >= 15 is 0 Å². The molecule has 0 aliphatic carbocycles. The Morgan fingerprint density at radius 2 is 1.12 bits per heavy atom. The maximum Gasteiger partial charge on any atom is 0.114 e. The average Bonchev–Trinajstić information content (AvgIpc) is 3.60. The maximum absolute atomic E-state index is 9.24. The number of para-hydroxylation sites is 2. The van der Waals surface area contributed by atoms with E-state index in [4.69, 9.17) is 17.3 Å². The molecule has 0 spiro atoms. The number of aromatic nitrogens is 2. The molecule has 7 aromatic carbocycles. The van der Waals surface area contributed by atoms with E-state index in [1.54, 1.807) is 18.2 Å². The Bertz CT molecular complexity index is 2900. The molecule has 43 heavy (non-hydrogen) atoms. The van der Waals surface area contributed by atoms with Gasteiger partial charge >= 0.3 is 0 Å². The van der Waals surface area contributed by atoms with Gasteiger partial charge in [0.05, 0.1) is 28.9 Å². The van der Waals surface area contributed by atoms with E-state index in [2.05, 4.69) is 4.57 Å². The standard InChI is InChI=1S/C41H30N2/c1-2-39-42-37-24-10-11-25-38(37)43(39)32-19-13-17-30(27-32)29-16-12-18-31(26-29)41-35-22-8-6-20-33(35)40(28-14-4-3-5-15-28)34-21-7-9-23-36(34)41/h3-27H,2H2,1H3/i3D,4D,5D,6D,7D,8D,9D,14D,15D,20D,21D,22D,23D. The highest BCUT2D eigenvalue weighted by Gasteiger charge is 2.17. The summed E-state index contributed by atoms with van der Waals surface area (Å²) in [6.07, 6.45) is 0.685. The number of hydrogen-bond donors (Lipinski definition) is 0. The third kappa shape index (κ3) is 4.23. The quantitative estimate of drug-likeness (QED) is 0.190. The Kier molecular flexibility index (Phi) is 3.67. The topological polar surface area (TPSA) is 17.8 Å². The van der Waals surface area contributed by atoms with E-state index in [1.807, 2.05) is 61.5 Å². The van der Waals surface area contributed by atoms with E-state index in [-0.39, 0.29) is 32.7 Å². The molecule has 0 amide bonds. The summed E-state index contributed by atoms with van der Waals surface area (Å²) in [6, 6.07) is 14.5. The van der Waals surface area contributed by atoms with Crippen LogP contribution < -0.4 is 0 Å². The number of aryl methyl sites for hydroxylation is 1. The third-order valence-electron chi connectivity index (χ3n) is 7.66. The first-order valence-electron chi connectivity index (χ1n) is 20.4. The second-order valence-electron chi connectivity index (χ2n) is 10.1. The van der Waals surface area contributed by atoms with Crippen molar-refractivity contribution in [1.82, 2.24) is 9.55 Å². The van der Waals surface area contributed by atoms with Gasteiger partial charge in [-0.1, -0.05) is 128 Å². The second kappa shape index (κ2) is 10.4. The molecule has 0 radical (unpaired) electrons. The molecule has 2 heteroatoms. The van der Waals surface area contributed by atoms with Crippen LogP contribution in [0.25, 0.3) is 71.6 Å². The van der Waals surface area contributed by atoms with Crippen LogP contribution >= 0.6 is 0 Å². The average molecular weight is 564 g/mol. The van der Waals surface area contributed by atoms with E-state index in [0.717, 1.165) is 28.1 Å². The predicted octanol–water partition coefficient (Wildman–Crippen LogP) is 10.9. The molecule has 0 saturated carbocycles. The molecule has 0 aliphatic heterocycles. The Hall–Kier alpha value is -5.47. The van der Waals surface area contributed by atoms with Gasteiger partial charge in [0.25, 0.3) is 0 Å². The molecule has 0 aliphatic rings. The highest BCUT2D eigenvalue weighted by atomic mass is 15.1. The van der Waals surface area contributed by atoms with Gasteiger partial charge in [-0.2, -0.15) is 0 Å². The van der Waals surface area contributed by atoms with Crippen LogP contribution in [0.2, 0.25) is 0 Å². The minimum atomic E-state index is -0.710. The fourth-order valence-electron chi connectivity index (χ4n) is 5.82. The van der Waals surface area contributed by atoms with Crippen molar-refractivity contribution in [2.45, 2.75) is 13.3 Å². The van der Waals surface area contributed by atoms with Gasteiger partial charge in [0.1, 0.15) is 5.82 Å². The molecule has 0 saturated heterocycles. The van der Waals surface area contributed by atoms with Crippen LogP contribution in [0.1, 0.15) is 30.6 Å². The number of rotatable bonds is 5. The van der Waals surface area contributed by atoms with Crippen molar-refractivity contribution in [3.05, 3.63) is 157 Å². The van der Waals surface area contributed by atoms with Crippen molar-refractivity contribution in [2.75, 3.05) is 0 Å². The summed E-state index contributed by atoms with van der Waals surface area (Å²) in [7, 11) is 0. The molecule has 0 atom stereocenters. The molecule has 0 unspecified atom stereocenters. The minimum Gasteiger partial charge on any atom is -0.296 e. The van der Waals surface area contributed by atoms with Gasteiger partial charge in [0.15, 0.2) is 0 Å². The Morgan fingerprint density at radius 1 is 0.558 bits per heavy atom. The number of nitrogens with zero attached hydrogens (tertiary/aromatic N) is 2. The lowest BCUT2D eigenvalue weighted by Gasteiger charge is -2.18. The van der Waals surface area contributed by atoms with Crippen LogP contribution in [-0.2, 0) is 6.42 Å². The summed E-state index contributed by atoms with van der Waals surface area (Å²) < 4.78 is 117. The Labute approximate surface area is 269 Å². The van der Waals surface area contributed by atoms with Gasteiger partial charge in [0, 0.05) is 12.1 Å². The van der Waals surface area contributed by atoms with Crippen molar-refractivity contribution in [3.8, 4) is 39.1 Å². The normalized spacial score (nSPS) is 15.7. The van der Waals surface area contributed by atoms with Crippen LogP contribution in [0.4, 0.5) is 0 Å². The predicted molar refractivity (Wildman–Crippen MR) is 182 cm³/mol. The van der Waals surface area contributed by atoms with Gasteiger partial charge in [-0.3, -0.25) is 4.57 Å². The highest BCUT2D eigenvalue weighted by Crippen LogP contribution is 2.44. The SMILES string of the molecule is [2H]c1c([2H])c([2H])c(-c2c3c([2H])c([2H])c([2H])c([2H])c3c(-c3cccc(-c4cccc(-n5c(CC)nc6ccccc65)c4)c3)c3c([2H])c([2H])c([2H])c([2H])c23)c([2H])c1[2H]. The number of hydrogen-bond acceptors (Lipinski definition) is 1. The number of fused-ring (bicyclic) bond motifs is 3. The first-order valence-corrected chi connectivity index (χ1v) is 13.9. The largest absolute Gasteiger partial charge is 0.296 e. The summed E-state index contributed by atoms with van der Waals surface area (Å²) in [6.45, 7) is 2.03. The Balaban J connectivity index is 1.51. The maximum atomic E-state index is 9.24. The van der Waals surface area contributed by atoms with Crippen LogP contribution in [-0.4, -0.2) is 9.55 Å². The Morgan fingerprint density at radius 3 is 1.79 bits per heavy atom. The minimum absolute atomic E-state index is 0.0806. The zero-order valence-electron chi connectivity index (χ0n) is 36.0. The van der Waals surface area contributed by atoms with Crippen molar-refractivity contribution >= 4 is 32.6 Å². The summed E-state index contributed by atoms with van der Waals surface area (Å²) in [5, 5.41) is -0.737. The second-order valence-corrected chi connectivity index (χ2v) is 10.1. The first-order chi connectivity index (χ1) is 26.7. The highest BCUT2D eigenvalue weighted by molar-refractivity contribution is 6.21. The molecule has 1 heterocycles. The van der Waals surface area contributed by atoms with Crippen LogP contribution in [0.3, 0.4) is 0 Å². The zero-order chi connectivity index (χ0) is 40.1. The first kappa shape index (κ1) is 15.1. The van der Waals surface area contributed by atoms with Crippen LogP contribution in [0.15, 0.2) is 151 Å². The lowest BCUT2D eigenvalue weighted by atomic mass is 9.85. The fraction of sp³-hybridized carbons (Fsp3) is 0.0488. The molecule has 2 nitrogen and oxygen atoms in total. The van der Waals surface area contributed by atoms with Gasteiger partial charge in [-0.15, -0.1) is 0 Å². The van der Waals surface area contributed by atoms with Gasteiger partial charge < -0.3 is 0 Å². The van der Waals surface area contributed by atoms with Gasteiger partial charge in [0.2, 0.25) is 0 Å². The molecular weight excluding hydrogens is 520 g/mol. The van der Waals surface area contributed by atoms with E-state index in [0.29, 0.717) is 17.5 Å². The molecule has 8 rings (SSSR count). The molecule has 0 N–H and O–H groups in total. The van der Waals surface area contributed by atoms with Crippen LogP contribution in [0, 0.1) is 0 Å². The summed E-state index contributed by atoms with van der Waals surface area (Å²) in [4.78, 5) is 4.82. The van der Waals surface area contributed by atoms with E-state index in [1.165, 1.54) is 0 Å². The molecule has 8 aromatic rings. The summed E-state index contributed by atoms with van der Waals surface area (Å²) in [5.41, 5.74) is 3.84. The fourth-order valence-corrected chi connectivity index (χ4v) is 5.82. The molecule has 204 valence electrons. The lowest BCUT2D eigenvalue weighted by Crippen LogP contribution is -2.00. The zero-order valence-corrected chi connectivity index (χ0v) is 23.0. The summed E-state index contributed by atoms with van der Waals surface area (Å²) >= 11 is 0. The molecular formula is C41H30N2. The smallest absolute Gasteiger partial charge is 0.114 e. The van der Waals surface area contributed by atoms with Crippen molar-refractivity contribution < 1.29 is 17.8 Å². The van der Waals surface area contributed by atoms with Crippen LogP contribution in [0.5, 0.6) is 0 Å².